The Balaban J connectivity index is 1.83. The first-order valence-electron chi connectivity index (χ1n) is 12.8. The van der Waals surface area contributed by atoms with Crippen molar-refractivity contribution in [2.75, 3.05) is 18.7 Å². The van der Waals surface area contributed by atoms with Crippen molar-refractivity contribution in [2.24, 2.45) is 0 Å². The van der Waals surface area contributed by atoms with Crippen LogP contribution in [0.15, 0.2) is 53.5 Å². The molecule has 1 amide bonds. The fourth-order valence-corrected chi connectivity index (χ4v) is 5.83. The molecule has 2 aromatic carbocycles. The molecule has 1 atom stereocenters. The summed E-state index contributed by atoms with van der Waals surface area (Å²) in [5, 5.41) is 12.8. The second-order valence-electron chi connectivity index (χ2n) is 10.1. The van der Waals surface area contributed by atoms with E-state index in [9.17, 15) is 23.5 Å². The number of carbonyl (C=O) groups is 1. The minimum absolute atomic E-state index is 0.134. The molecule has 1 unspecified atom stereocenters. The predicted octanol–water partition coefficient (Wildman–Crippen LogP) is 4.28. The first-order valence-corrected chi connectivity index (χ1v) is 12.8. The van der Waals surface area contributed by atoms with Gasteiger partial charge in [-0.25, -0.2) is 8.78 Å². The van der Waals surface area contributed by atoms with Gasteiger partial charge in [0.2, 0.25) is 5.43 Å². The van der Waals surface area contributed by atoms with E-state index in [4.69, 9.17) is 4.74 Å². The lowest BCUT2D eigenvalue weighted by Crippen LogP contribution is -2.64. The molecule has 1 aliphatic carbocycles. The highest BCUT2D eigenvalue weighted by Crippen LogP contribution is 2.41. The summed E-state index contributed by atoms with van der Waals surface area (Å²) >= 11 is 0. The highest BCUT2D eigenvalue weighted by molar-refractivity contribution is 5.96. The zero-order valence-corrected chi connectivity index (χ0v) is 21.7. The number of aryl methyl sites for hydroxylation is 2. The van der Waals surface area contributed by atoms with Crippen molar-refractivity contribution < 1.29 is 23.4 Å². The average Bonchev–Trinajstić information content (AvgIpc) is 3.02. The van der Waals surface area contributed by atoms with Crippen LogP contribution in [0.4, 0.5) is 8.78 Å². The summed E-state index contributed by atoms with van der Waals surface area (Å²) in [5.74, 6) is -1.82. The molecule has 2 aliphatic rings. The monoisotopic (exact) mass is 523 g/mol. The first-order chi connectivity index (χ1) is 18.2. The maximum absolute atomic E-state index is 14.4. The van der Waals surface area contributed by atoms with E-state index in [1.54, 1.807) is 28.8 Å². The van der Waals surface area contributed by atoms with Crippen molar-refractivity contribution in [1.82, 2.24) is 9.58 Å². The second-order valence-corrected chi connectivity index (χ2v) is 10.1. The molecule has 38 heavy (non-hydrogen) atoms. The van der Waals surface area contributed by atoms with Gasteiger partial charge in [-0.15, -0.1) is 0 Å². The van der Waals surface area contributed by atoms with Crippen molar-refractivity contribution >= 4 is 5.91 Å². The molecule has 1 aromatic heterocycles. The van der Waals surface area contributed by atoms with E-state index in [0.717, 1.165) is 22.3 Å². The molecule has 1 aliphatic heterocycles. The quantitative estimate of drug-likeness (QED) is 0.489. The Kier molecular flexibility index (Phi) is 6.96. The van der Waals surface area contributed by atoms with Crippen LogP contribution in [-0.2, 0) is 17.6 Å². The van der Waals surface area contributed by atoms with Gasteiger partial charge in [-0.2, -0.15) is 0 Å². The largest absolute Gasteiger partial charge is 0.502 e. The minimum Gasteiger partial charge on any atom is -0.502 e. The second kappa shape index (κ2) is 10.2. The van der Waals surface area contributed by atoms with Gasteiger partial charge in [0.25, 0.3) is 5.91 Å². The Morgan fingerprint density at radius 1 is 1.00 bits per heavy atom. The third kappa shape index (κ3) is 4.34. The molecule has 2 heterocycles. The minimum atomic E-state index is -0.656. The molecule has 0 fully saturated rings. The smallest absolute Gasteiger partial charge is 0.278 e. The molecule has 200 valence electrons. The Bertz CT molecular complexity index is 1380. The standard InChI is InChI=1S/C29H31F2N3O4/c1-17(2)33-25(5-4-14-38-3)34(32-13-12-24(35)28(36)27(32)29(33)37)26-22-10-8-20(30)15-18(22)6-7-19-16-21(31)9-11-23(19)26/h8-13,15-17,25-26,36H,4-7,14H2,1-3H3. The van der Waals surface area contributed by atoms with Gasteiger partial charge in [0.15, 0.2) is 11.4 Å². The van der Waals surface area contributed by atoms with E-state index in [1.165, 1.54) is 36.5 Å². The molecule has 0 spiro atoms. The summed E-state index contributed by atoms with van der Waals surface area (Å²) in [6.45, 7) is 4.24. The fourth-order valence-electron chi connectivity index (χ4n) is 5.83. The van der Waals surface area contributed by atoms with Gasteiger partial charge in [-0.3, -0.25) is 19.3 Å². The number of aromatic nitrogens is 1. The van der Waals surface area contributed by atoms with Gasteiger partial charge in [0.1, 0.15) is 17.8 Å². The average molecular weight is 524 g/mol. The number of pyridine rings is 1. The molecule has 0 radical (unpaired) electrons. The zero-order chi connectivity index (χ0) is 27.1. The Morgan fingerprint density at radius 2 is 1.61 bits per heavy atom. The molecular formula is C29H31F2N3O4. The molecule has 9 heteroatoms. The summed E-state index contributed by atoms with van der Waals surface area (Å²) in [5.41, 5.74) is 2.40. The van der Waals surface area contributed by atoms with E-state index in [2.05, 4.69) is 0 Å². The molecule has 5 rings (SSSR count). The van der Waals surface area contributed by atoms with E-state index >= 15 is 0 Å². The van der Waals surface area contributed by atoms with E-state index in [0.29, 0.717) is 32.3 Å². The number of nitrogens with zero attached hydrogens (tertiary/aromatic N) is 3. The van der Waals surface area contributed by atoms with Crippen molar-refractivity contribution in [1.29, 1.82) is 0 Å². The van der Waals surface area contributed by atoms with Crippen LogP contribution < -0.4 is 10.4 Å². The molecular weight excluding hydrogens is 492 g/mol. The Labute approximate surface area is 219 Å². The summed E-state index contributed by atoms with van der Waals surface area (Å²) < 4.78 is 35.7. The van der Waals surface area contributed by atoms with Gasteiger partial charge >= 0.3 is 0 Å². The normalized spacial score (nSPS) is 17.3. The van der Waals surface area contributed by atoms with Crippen molar-refractivity contribution in [3.05, 3.63) is 98.5 Å². The molecule has 0 bridgehead atoms. The van der Waals surface area contributed by atoms with E-state index < -0.39 is 29.3 Å². The van der Waals surface area contributed by atoms with Gasteiger partial charge in [-0.1, -0.05) is 12.1 Å². The SMILES string of the molecule is COCCCC1N(C(C)C)C(=O)c2c(O)c(=O)ccn2N1C1c2ccc(F)cc2CCc2cc(F)ccc21. The summed E-state index contributed by atoms with van der Waals surface area (Å²) in [6, 6.07) is 9.67. The highest BCUT2D eigenvalue weighted by Gasteiger charge is 2.45. The van der Waals surface area contributed by atoms with Gasteiger partial charge < -0.3 is 14.7 Å². The number of carbonyl (C=O) groups excluding carboxylic acids is 1. The number of halogens is 2. The lowest BCUT2D eigenvalue weighted by atomic mass is 9.92. The van der Waals surface area contributed by atoms with Gasteiger partial charge in [0, 0.05) is 32.0 Å². The number of fused-ring (bicyclic) bond motifs is 3. The zero-order valence-electron chi connectivity index (χ0n) is 21.7. The maximum atomic E-state index is 14.4. The topological polar surface area (TPSA) is 75.0 Å². The predicted molar refractivity (Wildman–Crippen MR) is 139 cm³/mol. The van der Waals surface area contributed by atoms with E-state index in [-0.39, 0.29) is 23.4 Å². The number of hydrogen-bond donors (Lipinski definition) is 1. The molecule has 1 N–H and O–H groups in total. The van der Waals surface area contributed by atoms with Crippen molar-refractivity contribution in [2.45, 2.75) is 57.8 Å². The molecule has 3 aromatic rings. The van der Waals surface area contributed by atoms with Crippen molar-refractivity contribution in [3.8, 4) is 5.75 Å². The number of amides is 1. The van der Waals surface area contributed by atoms with Crippen LogP contribution in [-0.4, -0.2) is 46.5 Å². The van der Waals surface area contributed by atoms with E-state index in [1.807, 2.05) is 18.9 Å². The van der Waals surface area contributed by atoms with Crippen LogP contribution in [0, 0.1) is 11.6 Å². The summed E-state index contributed by atoms with van der Waals surface area (Å²) in [7, 11) is 1.61. The number of aromatic hydroxyl groups is 1. The number of hydrogen-bond acceptors (Lipinski definition) is 5. The van der Waals surface area contributed by atoms with Crippen LogP contribution in [0.25, 0.3) is 0 Å². The number of rotatable bonds is 6. The molecule has 0 saturated carbocycles. The van der Waals surface area contributed by atoms with Crippen molar-refractivity contribution in [3.63, 3.8) is 0 Å². The number of benzene rings is 2. The Morgan fingerprint density at radius 3 is 2.16 bits per heavy atom. The third-order valence-corrected chi connectivity index (χ3v) is 7.46. The van der Waals surface area contributed by atoms with Crippen LogP contribution >= 0.6 is 0 Å². The fraction of sp³-hybridized carbons (Fsp3) is 0.379. The van der Waals surface area contributed by atoms with Gasteiger partial charge in [0.05, 0.1) is 6.04 Å². The lowest BCUT2D eigenvalue weighted by molar-refractivity contribution is 0.0428. The number of methoxy groups -OCH3 is 1. The third-order valence-electron chi connectivity index (χ3n) is 7.46. The number of ether oxygens (including phenoxy) is 1. The molecule has 7 nitrogen and oxygen atoms in total. The summed E-state index contributed by atoms with van der Waals surface area (Å²) in [4.78, 5) is 27.9. The lowest BCUT2D eigenvalue weighted by Gasteiger charge is -2.51. The van der Waals surface area contributed by atoms with Crippen LogP contribution in [0.5, 0.6) is 5.75 Å². The first kappa shape index (κ1) is 25.9. The highest BCUT2D eigenvalue weighted by atomic mass is 19.1. The van der Waals surface area contributed by atoms with Gasteiger partial charge in [-0.05, 0) is 86.1 Å². The Hall–Kier alpha value is -3.72. The summed E-state index contributed by atoms with van der Waals surface area (Å²) in [6.07, 6.45) is 3.16. The molecule has 0 saturated heterocycles. The van der Waals surface area contributed by atoms with Crippen LogP contribution in [0.1, 0.15) is 65.5 Å². The van der Waals surface area contributed by atoms with Crippen LogP contribution in [0.2, 0.25) is 0 Å². The maximum Gasteiger partial charge on any atom is 0.278 e. The van der Waals surface area contributed by atoms with Crippen LogP contribution in [0.3, 0.4) is 0 Å².